The first-order chi connectivity index (χ1) is 18.5. The summed E-state index contributed by atoms with van der Waals surface area (Å²) in [7, 11) is 0. The van der Waals surface area contributed by atoms with E-state index in [1.54, 1.807) is 23.1 Å². The molecule has 4 N–H and O–H groups in total. The van der Waals surface area contributed by atoms with E-state index in [1.165, 1.54) is 6.42 Å². The summed E-state index contributed by atoms with van der Waals surface area (Å²) in [4.78, 5) is 41.8. The fourth-order valence-corrected chi connectivity index (χ4v) is 5.68. The molecule has 0 radical (unpaired) electrons. The first kappa shape index (κ1) is 25.7. The summed E-state index contributed by atoms with van der Waals surface area (Å²) < 4.78 is 0. The molecule has 7 heteroatoms. The van der Waals surface area contributed by atoms with Crippen LogP contribution in [-0.4, -0.2) is 23.8 Å². The van der Waals surface area contributed by atoms with E-state index in [0.717, 1.165) is 36.8 Å². The minimum atomic E-state index is -0.255. The number of fused-ring (bicyclic) bond motifs is 1. The predicted octanol–water partition coefficient (Wildman–Crippen LogP) is 5.01. The number of benzene rings is 3. The van der Waals surface area contributed by atoms with Crippen molar-refractivity contribution in [2.24, 2.45) is 11.7 Å². The number of carbonyl (C=O) groups excluding carboxylic acids is 3. The van der Waals surface area contributed by atoms with Crippen molar-refractivity contribution in [1.82, 2.24) is 5.32 Å². The number of nitrogens with two attached hydrogens (primary N) is 1. The van der Waals surface area contributed by atoms with Crippen molar-refractivity contribution in [3.8, 4) is 0 Å². The van der Waals surface area contributed by atoms with Gasteiger partial charge in [-0.3, -0.25) is 14.4 Å². The highest BCUT2D eigenvalue weighted by Gasteiger charge is 2.38. The van der Waals surface area contributed by atoms with E-state index in [0.29, 0.717) is 35.6 Å². The molecule has 3 amide bonds. The minimum absolute atomic E-state index is 0.129. The quantitative estimate of drug-likeness (QED) is 0.433. The van der Waals surface area contributed by atoms with Crippen molar-refractivity contribution in [3.63, 3.8) is 0 Å². The number of amides is 3. The van der Waals surface area contributed by atoms with Crippen molar-refractivity contribution in [2.75, 3.05) is 10.2 Å². The number of nitrogens with one attached hydrogen (secondary N) is 2. The Balaban J connectivity index is 1.45. The fraction of sp³-hybridized carbons (Fsp3) is 0.323. The Morgan fingerprint density at radius 2 is 1.66 bits per heavy atom. The summed E-state index contributed by atoms with van der Waals surface area (Å²) in [6, 6.07) is 21.9. The third-order valence-electron chi connectivity index (χ3n) is 7.63. The van der Waals surface area contributed by atoms with Crippen molar-refractivity contribution < 1.29 is 14.4 Å². The van der Waals surface area contributed by atoms with Crippen LogP contribution in [0, 0.1) is 5.92 Å². The molecule has 5 rings (SSSR count). The molecule has 0 spiro atoms. The molecule has 196 valence electrons. The Hall–Kier alpha value is -3.97. The van der Waals surface area contributed by atoms with Crippen LogP contribution in [0.1, 0.15) is 70.4 Å². The van der Waals surface area contributed by atoms with Gasteiger partial charge in [-0.25, -0.2) is 0 Å². The van der Waals surface area contributed by atoms with E-state index >= 15 is 0 Å². The number of nitrogens with zero attached hydrogens (tertiary/aromatic N) is 1. The predicted molar refractivity (Wildman–Crippen MR) is 149 cm³/mol. The molecule has 1 aliphatic carbocycles. The fourth-order valence-electron chi connectivity index (χ4n) is 5.68. The maximum absolute atomic E-state index is 13.9. The van der Waals surface area contributed by atoms with Gasteiger partial charge in [0.1, 0.15) is 0 Å². The van der Waals surface area contributed by atoms with Crippen LogP contribution in [0.2, 0.25) is 0 Å². The highest BCUT2D eigenvalue weighted by molar-refractivity contribution is 6.12. The molecule has 0 bridgehead atoms. The van der Waals surface area contributed by atoms with Gasteiger partial charge in [0.2, 0.25) is 5.91 Å². The summed E-state index contributed by atoms with van der Waals surface area (Å²) in [5.74, 6) is -0.271. The molecule has 1 aliphatic heterocycles. The van der Waals surface area contributed by atoms with Crippen molar-refractivity contribution in [1.29, 1.82) is 0 Å². The first-order valence-electron chi connectivity index (χ1n) is 13.4. The SMILES string of the molecule is NCc1cccc(CNC(=O)c2ccc3c(c2)NC(=O)CC(C2CCCCC2)N3C(=O)c2ccccc2)c1. The average Bonchev–Trinajstić information content (AvgIpc) is 3.11. The molecule has 7 nitrogen and oxygen atoms in total. The van der Waals surface area contributed by atoms with Crippen LogP contribution in [0.3, 0.4) is 0 Å². The van der Waals surface area contributed by atoms with Crippen molar-refractivity contribution in [2.45, 2.75) is 57.7 Å². The van der Waals surface area contributed by atoms with Gasteiger partial charge < -0.3 is 21.3 Å². The summed E-state index contributed by atoms with van der Waals surface area (Å²) >= 11 is 0. The van der Waals surface area contributed by atoms with E-state index in [2.05, 4.69) is 10.6 Å². The third kappa shape index (κ3) is 5.63. The lowest BCUT2D eigenvalue weighted by molar-refractivity contribution is -0.116. The summed E-state index contributed by atoms with van der Waals surface area (Å²) in [5, 5.41) is 5.93. The van der Waals surface area contributed by atoms with Crippen LogP contribution in [0.4, 0.5) is 11.4 Å². The first-order valence-corrected chi connectivity index (χ1v) is 13.4. The van der Waals surface area contributed by atoms with Gasteiger partial charge in [-0.1, -0.05) is 61.7 Å². The number of hydrogen-bond acceptors (Lipinski definition) is 4. The molecule has 1 heterocycles. The van der Waals surface area contributed by atoms with Crippen LogP contribution in [0.15, 0.2) is 72.8 Å². The van der Waals surface area contributed by atoms with Gasteiger partial charge in [0, 0.05) is 36.7 Å². The minimum Gasteiger partial charge on any atom is -0.348 e. The van der Waals surface area contributed by atoms with E-state index in [-0.39, 0.29) is 36.1 Å². The molecule has 3 aromatic carbocycles. The molecule has 2 aliphatic rings. The van der Waals surface area contributed by atoms with Crippen LogP contribution >= 0.6 is 0 Å². The van der Waals surface area contributed by atoms with Gasteiger partial charge in [0.15, 0.2) is 0 Å². The molecule has 1 saturated carbocycles. The second kappa shape index (κ2) is 11.6. The van der Waals surface area contributed by atoms with E-state index in [4.69, 9.17) is 5.73 Å². The Labute approximate surface area is 223 Å². The van der Waals surface area contributed by atoms with E-state index in [9.17, 15) is 14.4 Å². The monoisotopic (exact) mass is 510 g/mol. The second-order valence-corrected chi connectivity index (χ2v) is 10.2. The summed E-state index contributed by atoms with van der Waals surface area (Å²) in [6.07, 6.45) is 5.63. The zero-order chi connectivity index (χ0) is 26.5. The van der Waals surface area contributed by atoms with E-state index in [1.807, 2.05) is 54.6 Å². The number of rotatable bonds is 6. The molecule has 1 unspecified atom stereocenters. The topological polar surface area (TPSA) is 105 Å². The maximum atomic E-state index is 13.9. The van der Waals surface area contributed by atoms with Gasteiger partial charge in [0.05, 0.1) is 11.4 Å². The van der Waals surface area contributed by atoms with Crippen LogP contribution < -0.4 is 21.3 Å². The molecule has 0 saturated heterocycles. The third-order valence-corrected chi connectivity index (χ3v) is 7.63. The molecule has 38 heavy (non-hydrogen) atoms. The highest BCUT2D eigenvalue weighted by Crippen LogP contribution is 2.39. The lowest BCUT2D eigenvalue weighted by Gasteiger charge is -2.37. The highest BCUT2D eigenvalue weighted by atomic mass is 16.2. The Bertz CT molecular complexity index is 1320. The smallest absolute Gasteiger partial charge is 0.258 e. The summed E-state index contributed by atoms with van der Waals surface area (Å²) in [5.41, 5.74) is 9.80. The van der Waals surface area contributed by atoms with Crippen LogP contribution in [-0.2, 0) is 17.9 Å². The molecule has 3 aromatic rings. The van der Waals surface area contributed by atoms with Crippen molar-refractivity contribution in [3.05, 3.63) is 95.1 Å². The van der Waals surface area contributed by atoms with Crippen LogP contribution in [0.5, 0.6) is 0 Å². The zero-order valence-electron chi connectivity index (χ0n) is 21.5. The van der Waals surface area contributed by atoms with Crippen molar-refractivity contribution >= 4 is 29.1 Å². The molecular formula is C31H34N4O3. The molecular weight excluding hydrogens is 476 g/mol. The van der Waals surface area contributed by atoms with Gasteiger partial charge in [-0.15, -0.1) is 0 Å². The van der Waals surface area contributed by atoms with Crippen LogP contribution in [0.25, 0.3) is 0 Å². The largest absolute Gasteiger partial charge is 0.348 e. The lowest BCUT2D eigenvalue weighted by Crippen LogP contribution is -2.46. The normalized spacial score (nSPS) is 17.8. The van der Waals surface area contributed by atoms with Gasteiger partial charge >= 0.3 is 0 Å². The number of carbonyl (C=O) groups is 3. The number of hydrogen-bond donors (Lipinski definition) is 3. The second-order valence-electron chi connectivity index (χ2n) is 10.2. The maximum Gasteiger partial charge on any atom is 0.258 e. The number of anilines is 2. The average molecular weight is 511 g/mol. The standard InChI is InChI=1S/C31H34N4O3/c32-19-21-8-7-9-22(16-21)20-33-30(37)25-14-15-27-26(17-25)34-29(36)18-28(23-10-3-1-4-11-23)35(27)31(38)24-12-5-2-6-13-24/h2,5-9,12-17,23,28H,1,3-4,10-11,18-20,32H2,(H,33,37)(H,34,36). The zero-order valence-corrected chi connectivity index (χ0v) is 21.5. The molecule has 1 atom stereocenters. The Kier molecular flexibility index (Phi) is 7.84. The van der Waals surface area contributed by atoms with Gasteiger partial charge in [0.25, 0.3) is 11.8 Å². The Morgan fingerprint density at radius 3 is 2.42 bits per heavy atom. The Morgan fingerprint density at radius 1 is 0.895 bits per heavy atom. The van der Waals surface area contributed by atoms with Gasteiger partial charge in [-0.05, 0) is 60.2 Å². The van der Waals surface area contributed by atoms with E-state index < -0.39 is 0 Å². The lowest BCUT2D eigenvalue weighted by atomic mass is 9.81. The van der Waals surface area contributed by atoms with Gasteiger partial charge in [-0.2, -0.15) is 0 Å². The summed E-state index contributed by atoms with van der Waals surface area (Å²) in [6.45, 7) is 0.796. The molecule has 0 aromatic heterocycles. The molecule has 1 fully saturated rings.